The molecular weight excluding hydrogens is 208 g/mol. The first kappa shape index (κ1) is 11.0. The molecule has 3 rings (SSSR count). The van der Waals surface area contributed by atoms with Crippen LogP contribution in [-0.2, 0) is 4.79 Å². The molecule has 0 heterocycles. The van der Waals surface area contributed by atoms with E-state index in [-0.39, 0.29) is 5.92 Å². The van der Waals surface area contributed by atoms with Crippen molar-refractivity contribution in [1.29, 1.82) is 0 Å². The zero-order chi connectivity index (χ0) is 11.8. The van der Waals surface area contributed by atoms with Gasteiger partial charge in [-0.05, 0) is 42.2 Å². The van der Waals surface area contributed by atoms with Crippen molar-refractivity contribution in [3.63, 3.8) is 0 Å². The summed E-state index contributed by atoms with van der Waals surface area (Å²) in [5.74, 6) is 1.94. The molecule has 2 atom stereocenters. The van der Waals surface area contributed by atoms with Gasteiger partial charge in [0.1, 0.15) is 5.78 Å². The number of benzene rings is 1. The quantitative estimate of drug-likeness (QED) is 0.746. The second-order valence-electron chi connectivity index (χ2n) is 5.70. The van der Waals surface area contributed by atoms with Gasteiger partial charge in [-0.15, -0.1) is 0 Å². The van der Waals surface area contributed by atoms with Gasteiger partial charge in [0.25, 0.3) is 0 Å². The van der Waals surface area contributed by atoms with Crippen molar-refractivity contribution in [2.45, 2.75) is 50.9 Å². The highest BCUT2D eigenvalue weighted by Crippen LogP contribution is 2.40. The lowest BCUT2D eigenvalue weighted by Gasteiger charge is -2.27. The van der Waals surface area contributed by atoms with E-state index in [0.29, 0.717) is 11.7 Å². The molecule has 1 heteroatoms. The maximum atomic E-state index is 11.6. The van der Waals surface area contributed by atoms with E-state index in [1.54, 1.807) is 0 Å². The van der Waals surface area contributed by atoms with Gasteiger partial charge in [0.2, 0.25) is 0 Å². The summed E-state index contributed by atoms with van der Waals surface area (Å²) >= 11 is 0. The molecule has 1 aromatic carbocycles. The Morgan fingerprint density at radius 1 is 1.12 bits per heavy atom. The van der Waals surface area contributed by atoms with Crippen molar-refractivity contribution in [3.8, 4) is 0 Å². The van der Waals surface area contributed by atoms with E-state index in [0.717, 1.165) is 18.8 Å². The molecule has 90 valence electrons. The molecule has 0 aliphatic heterocycles. The molecule has 1 nitrogen and oxygen atoms in total. The lowest BCUT2D eigenvalue weighted by Crippen LogP contribution is -2.11. The lowest BCUT2D eigenvalue weighted by atomic mass is 9.78. The van der Waals surface area contributed by atoms with Crippen LogP contribution in [0.2, 0.25) is 0 Å². The molecule has 0 bridgehead atoms. The third-order valence-electron chi connectivity index (χ3n) is 4.73. The zero-order valence-corrected chi connectivity index (χ0v) is 10.5. The fourth-order valence-electron chi connectivity index (χ4n) is 3.24. The third-order valence-corrected chi connectivity index (χ3v) is 4.73. The molecule has 2 unspecified atom stereocenters. The molecule has 2 aliphatic carbocycles. The lowest BCUT2D eigenvalue weighted by molar-refractivity contribution is -0.120. The molecule has 0 amide bonds. The molecule has 0 saturated heterocycles. The minimum Gasteiger partial charge on any atom is -0.299 e. The van der Waals surface area contributed by atoms with Gasteiger partial charge < -0.3 is 0 Å². The Hall–Kier alpha value is -1.11. The van der Waals surface area contributed by atoms with Gasteiger partial charge in [-0.3, -0.25) is 4.79 Å². The van der Waals surface area contributed by atoms with Gasteiger partial charge >= 0.3 is 0 Å². The fraction of sp³-hybridized carbons (Fsp3) is 0.562. The molecule has 2 saturated carbocycles. The molecule has 1 aromatic rings. The van der Waals surface area contributed by atoms with Gasteiger partial charge in [0, 0.05) is 12.3 Å². The Bertz CT molecular complexity index is 431. The Kier molecular flexibility index (Phi) is 2.78. The summed E-state index contributed by atoms with van der Waals surface area (Å²) in [5.41, 5.74) is 2.90. The van der Waals surface area contributed by atoms with Crippen molar-refractivity contribution in [2.75, 3.05) is 0 Å². The molecule has 0 radical (unpaired) electrons. The van der Waals surface area contributed by atoms with Crippen LogP contribution < -0.4 is 0 Å². The minimum atomic E-state index is 0.228. The van der Waals surface area contributed by atoms with Crippen LogP contribution in [-0.4, -0.2) is 5.78 Å². The minimum absolute atomic E-state index is 0.228. The van der Waals surface area contributed by atoms with Crippen molar-refractivity contribution >= 4 is 5.78 Å². The van der Waals surface area contributed by atoms with E-state index in [1.807, 2.05) is 0 Å². The van der Waals surface area contributed by atoms with Crippen LogP contribution >= 0.6 is 0 Å². The van der Waals surface area contributed by atoms with Crippen LogP contribution in [0.25, 0.3) is 0 Å². The van der Waals surface area contributed by atoms with Gasteiger partial charge in [0.05, 0.1) is 0 Å². The maximum Gasteiger partial charge on any atom is 0.136 e. The summed E-state index contributed by atoms with van der Waals surface area (Å²) < 4.78 is 0. The summed E-state index contributed by atoms with van der Waals surface area (Å²) in [6, 6.07) is 9.01. The van der Waals surface area contributed by atoms with Crippen LogP contribution in [0.4, 0.5) is 0 Å². The summed E-state index contributed by atoms with van der Waals surface area (Å²) in [7, 11) is 0. The Morgan fingerprint density at radius 2 is 1.88 bits per heavy atom. The Balaban J connectivity index is 1.85. The predicted molar refractivity (Wildman–Crippen MR) is 69.2 cm³/mol. The van der Waals surface area contributed by atoms with E-state index in [1.165, 1.54) is 30.4 Å². The first-order valence-electron chi connectivity index (χ1n) is 6.88. The van der Waals surface area contributed by atoms with Crippen molar-refractivity contribution in [2.24, 2.45) is 5.92 Å². The first-order chi connectivity index (χ1) is 8.25. The van der Waals surface area contributed by atoms with E-state index in [4.69, 9.17) is 0 Å². The van der Waals surface area contributed by atoms with Crippen molar-refractivity contribution in [3.05, 3.63) is 35.4 Å². The highest BCUT2D eigenvalue weighted by Gasteiger charge is 2.32. The number of hydrogen-bond donors (Lipinski definition) is 0. The molecule has 17 heavy (non-hydrogen) atoms. The van der Waals surface area contributed by atoms with Gasteiger partial charge in [-0.1, -0.05) is 37.6 Å². The number of ketones is 1. The van der Waals surface area contributed by atoms with Gasteiger partial charge in [0.15, 0.2) is 0 Å². The second-order valence-corrected chi connectivity index (χ2v) is 5.70. The van der Waals surface area contributed by atoms with E-state index in [9.17, 15) is 4.79 Å². The second kappa shape index (κ2) is 4.29. The molecular formula is C16H20O. The molecule has 0 N–H and O–H groups in total. The number of Topliss-reactive ketones (excluding diaryl/α,β-unsaturated/α-hetero) is 1. The van der Waals surface area contributed by atoms with Crippen LogP contribution in [0.1, 0.15) is 62.0 Å². The molecule has 0 spiro atoms. The Labute approximate surface area is 103 Å². The average Bonchev–Trinajstić information content (AvgIpc) is 2.58. The van der Waals surface area contributed by atoms with Crippen LogP contribution in [0.3, 0.4) is 0 Å². The number of carbonyl (C=O) groups is 1. The van der Waals surface area contributed by atoms with E-state index >= 15 is 0 Å². The molecule has 2 fully saturated rings. The van der Waals surface area contributed by atoms with Crippen LogP contribution in [0.5, 0.6) is 0 Å². The number of carbonyl (C=O) groups excluding carboxylic acids is 1. The summed E-state index contributed by atoms with van der Waals surface area (Å²) in [5, 5.41) is 0. The topological polar surface area (TPSA) is 17.1 Å². The van der Waals surface area contributed by atoms with Crippen LogP contribution in [0, 0.1) is 5.92 Å². The maximum absolute atomic E-state index is 11.6. The predicted octanol–water partition coefficient (Wildman–Crippen LogP) is 4.04. The fourth-order valence-corrected chi connectivity index (χ4v) is 3.24. The number of hydrogen-bond acceptors (Lipinski definition) is 1. The highest BCUT2D eigenvalue weighted by molar-refractivity contribution is 5.84. The summed E-state index contributed by atoms with van der Waals surface area (Å²) in [6.07, 6.45) is 5.91. The smallest absolute Gasteiger partial charge is 0.136 e. The molecule has 0 aromatic heterocycles. The first-order valence-corrected chi connectivity index (χ1v) is 6.88. The molecule has 2 aliphatic rings. The largest absolute Gasteiger partial charge is 0.299 e. The summed E-state index contributed by atoms with van der Waals surface area (Å²) in [6.45, 7) is 2.09. The standard InChI is InChI=1S/C16H20O/c1-11-15(8-9-16(11)17)14-7-3-6-13(10-14)12-4-2-5-12/h3,6-7,10-12,15H,2,4-5,8-9H2,1H3. The Morgan fingerprint density at radius 3 is 2.47 bits per heavy atom. The highest BCUT2D eigenvalue weighted by atomic mass is 16.1. The van der Waals surface area contributed by atoms with Gasteiger partial charge in [-0.25, -0.2) is 0 Å². The van der Waals surface area contributed by atoms with Crippen molar-refractivity contribution < 1.29 is 4.79 Å². The number of rotatable bonds is 2. The van der Waals surface area contributed by atoms with Crippen LogP contribution in [0.15, 0.2) is 24.3 Å². The van der Waals surface area contributed by atoms with E-state index in [2.05, 4.69) is 31.2 Å². The average molecular weight is 228 g/mol. The van der Waals surface area contributed by atoms with E-state index < -0.39 is 0 Å². The van der Waals surface area contributed by atoms with Crippen molar-refractivity contribution in [1.82, 2.24) is 0 Å². The zero-order valence-electron chi connectivity index (χ0n) is 10.5. The SMILES string of the molecule is CC1C(=O)CCC1c1cccc(C2CCC2)c1. The third kappa shape index (κ3) is 1.92. The van der Waals surface area contributed by atoms with Gasteiger partial charge in [-0.2, -0.15) is 0 Å². The normalized spacial score (nSPS) is 29.4. The monoisotopic (exact) mass is 228 g/mol. The summed E-state index contributed by atoms with van der Waals surface area (Å²) in [4.78, 5) is 11.6.